The molecule has 0 aromatic heterocycles. The number of anilines is 1. The summed E-state index contributed by atoms with van der Waals surface area (Å²) < 4.78 is 25.1. The van der Waals surface area contributed by atoms with Gasteiger partial charge < -0.3 is 5.73 Å². The van der Waals surface area contributed by atoms with Crippen LogP contribution in [0.25, 0.3) is 0 Å². The lowest BCUT2D eigenvalue weighted by atomic mass is 10.3. The minimum Gasteiger partial charge on any atom is -0.395 e. The molecule has 0 heterocycles. The van der Waals surface area contributed by atoms with E-state index in [-0.39, 0.29) is 9.26 Å². The van der Waals surface area contributed by atoms with Gasteiger partial charge >= 0.3 is 0 Å². The Hall–Kier alpha value is -0.390. The van der Waals surface area contributed by atoms with Gasteiger partial charge in [-0.2, -0.15) is 0 Å². The number of nitrogen functional groups attached to an aromatic ring is 1. The van der Waals surface area contributed by atoms with Crippen molar-refractivity contribution in [3.05, 3.63) is 27.3 Å². The topological polar surface area (TPSA) is 26.0 Å². The van der Waals surface area contributed by atoms with E-state index < -0.39 is 11.6 Å². The Morgan fingerprint density at radius 2 is 1.70 bits per heavy atom. The van der Waals surface area contributed by atoms with Gasteiger partial charge in [0.2, 0.25) is 0 Å². The number of nitrogens with two attached hydrogens (primary N) is 1. The van der Waals surface area contributed by atoms with Crippen molar-refractivity contribution in [1.82, 2.24) is 0 Å². The molecule has 0 fully saturated rings. The molecule has 1 nitrogen and oxygen atoms in total. The molecule has 0 atom stereocenters. The highest BCUT2D eigenvalue weighted by Crippen LogP contribution is 2.20. The average molecular weight is 255 g/mol. The lowest BCUT2D eigenvalue weighted by Gasteiger charge is -1.98. The van der Waals surface area contributed by atoms with Gasteiger partial charge in [-0.3, -0.25) is 0 Å². The van der Waals surface area contributed by atoms with Crippen LogP contribution in [0.15, 0.2) is 12.1 Å². The third-order valence-electron chi connectivity index (χ3n) is 1.08. The predicted octanol–water partition coefficient (Wildman–Crippen LogP) is 2.15. The largest absolute Gasteiger partial charge is 0.395 e. The summed E-state index contributed by atoms with van der Waals surface area (Å²) in [5.74, 6) is -1.06. The fourth-order valence-electron chi connectivity index (χ4n) is 0.543. The zero-order valence-corrected chi connectivity index (χ0v) is 7.02. The first-order chi connectivity index (χ1) is 4.63. The zero-order chi connectivity index (χ0) is 7.72. The first kappa shape index (κ1) is 7.71. The van der Waals surface area contributed by atoms with Crippen LogP contribution in [0, 0.1) is 15.2 Å². The Balaban J connectivity index is 3.34. The summed E-state index contributed by atoms with van der Waals surface area (Å²) >= 11 is 1.65. The molecule has 0 amide bonds. The molecule has 0 saturated heterocycles. The van der Waals surface area contributed by atoms with Gasteiger partial charge in [-0.1, -0.05) is 0 Å². The molecule has 1 aromatic carbocycles. The second-order valence-electron chi connectivity index (χ2n) is 1.76. The lowest BCUT2D eigenvalue weighted by Crippen LogP contribution is -1.96. The average Bonchev–Trinajstić information content (AvgIpc) is 1.93. The van der Waals surface area contributed by atoms with Gasteiger partial charge in [-0.15, -0.1) is 0 Å². The van der Waals surface area contributed by atoms with Crippen molar-refractivity contribution in [3.8, 4) is 0 Å². The Kier molecular flexibility index (Phi) is 2.08. The van der Waals surface area contributed by atoms with Crippen molar-refractivity contribution in [2.45, 2.75) is 0 Å². The molecular weight excluding hydrogens is 251 g/mol. The van der Waals surface area contributed by atoms with E-state index in [0.717, 1.165) is 12.1 Å². The van der Waals surface area contributed by atoms with Gasteiger partial charge in [-0.25, -0.2) is 8.78 Å². The van der Waals surface area contributed by atoms with E-state index in [1.54, 1.807) is 22.6 Å². The molecule has 1 rings (SSSR count). The molecule has 0 aliphatic heterocycles. The minimum absolute atomic E-state index is 0.124. The SMILES string of the molecule is Nc1c(F)ccc(F)c1I. The summed E-state index contributed by atoms with van der Waals surface area (Å²) in [5.41, 5.74) is 5.04. The number of hydrogen-bond acceptors (Lipinski definition) is 1. The molecule has 1 aromatic rings. The smallest absolute Gasteiger partial charge is 0.147 e. The predicted molar refractivity (Wildman–Crippen MR) is 43.5 cm³/mol. The highest BCUT2D eigenvalue weighted by molar-refractivity contribution is 14.1. The zero-order valence-electron chi connectivity index (χ0n) is 4.87. The number of hydrogen-bond donors (Lipinski definition) is 1. The van der Waals surface area contributed by atoms with Gasteiger partial charge in [0, 0.05) is 0 Å². The molecule has 2 N–H and O–H groups in total. The normalized spacial score (nSPS) is 9.90. The quantitative estimate of drug-likeness (QED) is 0.429. The van der Waals surface area contributed by atoms with Crippen LogP contribution in [-0.2, 0) is 0 Å². The van der Waals surface area contributed by atoms with Crippen molar-refractivity contribution in [2.75, 3.05) is 5.73 Å². The summed E-state index contributed by atoms with van der Waals surface area (Å²) in [5, 5.41) is 0. The van der Waals surface area contributed by atoms with E-state index in [1.165, 1.54) is 0 Å². The van der Waals surface area contributed by atoms with Crippen LogP contribution in [0.1, 0.15) is 0 Å². The summed E-state index contributed by atoms with van der Waals surface area (Å²) in [4.78, 5) is 0. The summed E-state index contributed by atoms with van der Waals surface area (Å²) in [6.07, 6.45) is 0. The first-order valence-corrected chi connectivity index (χ1v) is 3.60. The van der Waals surface area contributed by atoms with Gasteiger partial charge in [0.05, 0.1) is 9.26 Å². The van der Waals surface area contributed by atoms with E-state index in [0.29, 0.717) is 0 Å². The minimum atomic E-state index is -0.578. The molecule has 0 saturated carbocycles. The summed E-state index contributed by atoms with van der Waals surface area (Å²) in [6.45, 7) is 0. The van der Waals surface area contributed by atoms with E-state index in [9.17, 15) is 8.78 Å². The fraction of sp³-hybridized carbons (Fsp3) is 0. The fourth-order valence-corrected chi connectivity index (χ4v) is 0.980. The molecule has 54 valence electrons. The lowest BCUT2D eigenvalue weighted by molar-refractivity contribution is 0.598. The van der Waals surface area contributed by atoms with E-state index in [4.69, 9.17) is 5.73 Å². The van der Waals surface area contributed by atoms with E-state index >= 15 is 0 Å². The standard InChI is InChI=1S/C6H4F2IN/c7-3-1-2-4(8)6(10)5(3)9/h1-2H,10H2. The first-order valence-electron chi connectivity index (χ1n) is 2.52. The van der Waals surface area contributed by atoms with Crippen molar-refractivity contribution >= 4 is 28.3 Å². The van der Waals surface area contributed by atoms with E-state index in [1.807, 2.05) is 0 Å². The van der Waals surface area contributed by atoms with Crippen LogP contribution in [0.3, 0.4) is 0 Å². The molecule has 4 heteroatoms. The summed E-state index contributed by atoms with van der Waals surface area (Å²) in [6, 6.07) is 2.06. The molecule has 0 spiro atoms. The molecule has 0 aliphatic carbocycles. The van der Waals surface area contributed by atoms with Crippen LogP contribution in [0.4, 0.5) is 14.5 Å². The molecule has 0 bridgehead atoms. The molecule has 0 aliphatic rings. The van der Waals surface area contributed by atoms with Gasteiger partial charge in [0.25, 0.3) is 0 Å². The highest BCUT2D eigenvalue weighted by atomic mass is 127. The van der Waals surface area contributed by atoms with Crippen LogP contribution < -0.4 is 5.73 Å². The van der Waals surface area contributed by atoms with Crippen molar-refractivity contribution in [3.63, 3.8) is 0 Å². The number of benzene rings is 1. The highest BCUT2D eigenvalue weighted by Gasteiger charge is 2.06. The van der Waals surface area contributed by atoms with Crippen LogP contribution in [0.5, 0.6) is 0 Å². The van der Waals surface area contributed by atoms with E-state index in [2.05, 4.69) is 0 Å². The third-order valence-corrected chi connectivity index (χ3v) is 2.18. The molecule has 0 radical (unpaired) electrons. The van der Waals surface area contributed by atoms with Crippen LogP contribution >= 0.6 is 22.6 Å². The third kappa shape index (κ3) is 1.21. The Morgan fingerprint density at radius 3 is 2.20 bits per heavy atom. The molecular formula is C6H4F2IN. The maximum Gasteiger partial charge on any atom is 0.147 e. The van der Waals surface area contributed by atoms with Crippen LogP contribution in [-0.4, -0.2) is 0 Å². The van der Waals surface area contributed by atoms with Gasteiger partial charge in [0.1, 0.15) is 11.6 Å². The number of halogens is 3. The van der Waals surface area contributed by atoms with Gasteiger partial charge in [0.15, 0.2) is 0 Å². The van der Waals surface area contributed by atoms with Crippen LogP contribution in [0.2, 0.25) is 0 Å². The Morgan fingerprint density at radius 1 is 1.20 bits per heavy atom. The monoisotopic (exact) mass is 255 g/mol. The second-order valence-corrected chi connectivity index (χ2v) is 2.84. The van der Waals surface area contributed by atoms with Crippen molar-refractivity contribution in [2.24, 2.45) is 0 Å². The maximum absolute atomic E-state index is 12.5. The van der Waals surface area contributed by atoms with Crippen molar-refractivity contribution in [1.29, 1.82) is 0 Å². The maximum atomic E-state index is 12.5. The van der Waals surface area contributed by atoms with Gasteiger partial charge in [-0.05, 0) is 34.7 Å². The Labute approximate surface area is 70.4 Å². The second kappa shape index (κ2) is 2.69. The summed E-state index contributed by atoms with van der Waals surface area (Å²) in [7, 11) is 0. The number of rotatable bonds is 0. The Bertz CT molecular complexity index is 235. The molecule has 10 heavy (non-hydrogen) atoms. The molecule has 0 unspecified atom stereocenters. The van der Waals surface area contributed by atoms with Crippen molar-refractivity contribution < 1.29 is 8.78 Å².